The minimum atomic E-state index is -1.31. The van der Waals surface area contributed by atoms with Crippen LogP contribution in [0.2, 0.25) is 0 Å². The summed E-state index contributed by atoms with van der Waals surface area (Å²) in [7, 11) is 0. The average Bonchev–Trinajstić information content (AvgIpc) is 1.65. The van der Waals surface area contributed by atoms with Gasteiger partial charge in [-0.05, 0) is 5.76 Å². The quantitative estimate of drug-likeness (QED) is 0.267. The third-order valence-electron chi connectivity index (χ3n) is 0.397. The molecule has 0 saturated carbocycles. The van der Waals surface area contributed by atoms with Crippen molar-refractivity contribution in [3.05, 3.63) is 11.8 Å². The molecule has 0 saturated heterocycles. The summed E-state index contributed by atoms with van der Waals surface area (Å²) in [6.45, 7) is 0. The predicted molar refractivity (Wildman–Crippen MR) is 24.6 cm³/mol. The molecule has 0 heterocycles. The maximum absolute atomic E-state index is 9.95. The fourth-order valence-electron chi connectivity index (χ4n) is 0.154. The van der Waals surface area contributed by atoms with Crippen LogP contribution in [0.5, 0.6) is 0 Å². The van der Waals surface area contributed by atoms with E-state index in [9.17, 15) is 9.90 Å². The molecule has 0 aromatic carbocycles. The van der Waals surface area contributed by atoms with E-state index >= 15 is 0 Å². The maximum atomic E-state index is 9.95. The van der Waals surface area contributed by atoms with Crippen LogP contribution < -0.4 is 5.11 Å². The Morgan fingerprint density at radius 2 is 2.38 bits per heavy atom. The van der Waals surface area contributed by atoms with Crippen LogP contribution in [0.25, 0.3) is 0 Å². The van der Waals surface area contributed by atoms with E-state index in [0.717, 1.165) is 0 Å². The van der Waals surface area contributed by atoms with Crippen LogP contribution in [0, 0.1) is 12.3 Å². The van der Waals surface area contributed by atoms with Crippen LogP contribution >= 0.6 is 0 Å². The highest BCUT2D eigenvalue weighted by Gasteiger charge is 1.82. The van der Waals surface area contributed by atoms with Crippen LogP contribution in [0.15, 0.2) is 11.8 Å². The summed E-state index contributed by atoms with van der Waals surface area (Å²) in [6, 6.07) is 0. The lowest BCUT2D eigenvalue weighted by molar-refractivity contribution is -0.292. The monoisotopic (exact) mass is 111 g/mol. The van der Waals surface area contributed by atoms with Crippen LogP contribution in [0.4, 0.5) is 0 Å². The average molecular weight is 111 g/mol. The highest BCUT2D eigenvalue weighted by Crippen LogP contribution is 1.75. The van der Waals surface area contributed by atoms with Gasteiger partial charge in [0.2, 0.25) is 0 Å². The van der Waals surface area contributed by atoms with E-state index in [1.54, 1.807) is 5.92 Å². The molecule has 0 radical (unpaired) electrons. The number of terminal acetylenes is 1. The molecule has 0 spiro atoms. The number of rotatable bonds is 1. The molecule has 0 aliphatic rings. The molecule has 0 aliphatic carbocycles. The minimum Gasteiger partial charge on any atom is -0.866 e. The Balaban J connectivity index is 4.01. The Kier molecular flexibility index (Phi) is 2.21. The first-order valence-electron chi connectivity index (χ1n) is 1.75. The highest BCUT2D eigenvalue weighted by molar-refractivity contribution is 5.80. The second-order valence-electron chi connectivity index (χ2n) is 0.991. The number of carboxylic acid groups (broad SMARTS) is 1. The molecule has 3 nitrogen and oxygen atoms in total. The number of aliphatic carboxylic acids is 1. The zero-order chi connectivity index (χ0) is 6.57. The zero-order valence-corrected chi connectivity index (χ0v) is 3.92. The number of carbonyl (C=O) groups is 1. The van der Waals surface area contributed by atoms with Crippen molar-refractivity contribution < 1.29 is 15.0 Å². The Bertz CT molecular complexity index is 161. The smallest absolute Gasteiger partial charge is 0.328 e. The molecule has 0 aromatic heterocycles. The van der Waals surface area contributed by atoms with E-state index in [2.05, 4.69) is 6.42 Å². The lowest BCUT2D eigenvalue weighted by atomic mass is 10.5. The molecule has 0 amide bonds. The topological polar surface area (TPSA) is 60.4 Å². The van der Waals surface area contributed by atoms with Gasteiger partial charge in [0.25, 0.3) is 0 Å². The fraction of sp³-hybridized carbons (Fsp3) is 0. The van der Waals surface area contributed by atoms with Gasteiger partial charge in [-0.25, -0.2) is 4.79 Å². The highest BCUT2D eigenvalue weighted by atomic mass is 16.4. The first-order valence-corrected chi connectivity index (χ1v) is 1.75. The molecule has 0 bridgehead atoms. The molecule has 8 heavy (non-hydrogen) atoms. The SMILES string of the molecule is C#C/C([O-])=C/C(=O)O. The van der Waals surface area contributed by atoms with Gasteiger partial charge >= 0.3 is 5.97 Å². The molecule has 3 heteroatoms. The van der Waals surface area contributed by atoms with Crippen LogP contribution in [-0.4, -0.2) is 11.1 Å². The van der Waals surface area contributed by atoms with Crippen molar-refractivity contribution in [3.8, 4) is 12.3 Å². The second-order valence-corrected chi connectivity index (χ2v) is 0.991. The number of allylic oxidation sites excluding steroid dienone is 1. The molecular weight excluding hydrogens is 108 g/mol. The van der Waals surface area contributed by atoms with E-state index < -0.39 is 11.7 Å². The molecule has 0 fully saturated rings. The van der Waals surface area contributed by atoms with Gasteiger partial charge in [-0.15, -0.1) is 6.42 Å². The van der Waals surface area contributed by atoms with Crippen LogP contribution in [0.1, 0.15) is 0 Å². The fourth-order valence-corrected chi connectivity index (χ4v) is 0.154. The lowest BCUT2D eigenvalue weighted by Crippen LogP contribution is -2.03. The molecule has 0 atom stereocenters. The minimum absolute atomic E-state index is 0.431. The molecule has 0 aliphatic heterocycles. The largest absolute Gasteiger partial charge is 0.866 e. The van der Waals surface area contributed by atoms with Crippen molar-refractivity contribution in [2.75, 3.05) is 0 Å². The van der Waals surface area contributed by atoms with Gasteiger partial charge in [0.05, 0.1) is 0 Å². The number of hydrogen-bond donors (Lipinski definition) is 1. The lowest BCUT2D eigenvalue weighted by Gasteiger charge is -1.96. The van der Waals surface area contributed by atoms with Gasteiger partial charge in [0.1, 0.15) is 0 Å². The van der Waals surface area contributed by atoms with Gasteiger partial charge in [0, 0.05) is 6.08 Å². The Morgan fingerprint density at radius 1 is 1.88 bits per heavy atom. The third kappa shape index (κ3) is 2.79. The van der Waals surface area contributed by atoms with Crippen molar-refractivity contribution in [1.82, 2.24) is 0 Å². The normalized spacial score (nSPS) is 10.1. The first-order chi connectivity index (χ1) is 3.66. The van der Waals surface area contributed by atoms with Gasteiger partial charge < -0.3 is 10.2 Å². The van der Waals surface area contributed by atoms with E-state index in [-0.39, 0.29) is 0 Å². The summed E-state index contributed by atoms with van der Waals surface area (Å²) in [5.41, 5.74) is 0. The van der Waals surface area contributed by atoms with E-state index in [1.165, 1.54) is 0 Å². The van der Waals surface area contributed by atoms with Crippen LogP contribution in [-0.2, 0) is 4.79 Å². The van der Waals surface area contributed by atoms with Crippen molar-refractivity contribution in [2.45, 2.75) is 0 Å². The Labute approximate surface area is 46.3 Å². The third-order valence-corrected chi connectivity index (χ3v) is 0.397. The van der Waals surface area contributed by atoms with Crippen molar-refractivity contribution in [1.29, 1.82) is 0 Å². The van der Waals surface area contributed by atoms with Gasteiger partial charge in [-0.2, -0.15) is 0 Å². The van der Waals surface area contributed by atoms with Gasteiger partial charge in [-0.1, -0.05) is 5.92 Å². The van der Waals surface area contributed by atoms with Crippen molar-refractivity contribution in [2.24, 2.45) is 0 Å². The molecule has 0 aromatic rings. The summed E-state index contributed by atoms with van der Waals surface area (Å²) < 4.78 is 0. The summed E-state index contributed by atoms with van der Waals surface area (Å²) >= 11 is 0. The number of hydrogen-bond acceptors (Lipinski definition) is 2. The van der Waals surface area contributed by atoms with Crippen molar-refractivity contribution >= 4 is 5.97 Å². The van der Waals surface area contributed by atoms with E-state index in [0.29, 0.717) is 6.08 Å². The number of carboxylic acids is 1. The molecule has 1 N–H and O–H groups in total. The van der Waals surface area contributed by atoms with E-state index in [1.807, 2.05) is 0 Å². The summed E-state index contributed by atoms with van der Waals surface area (Å²) in [6.07, 6.45) is 4.96. The van der Waals surface area contributed by atoms with Gasteiger partial charge in [0.15, 0.2) is 0 Å². The second kappa shape index (κ2) is 2.69. The summed E-state index contributed by atoms with van der Waals surface area (Å²) in [4.78, 5) is 9.60. The first kappa shape index (κ1) is 6.57. The standard InChI is InChI=1S/C5H4O3/c1-2-4(6)3-5(7)8/h1,3,6H,(H,7,8)/p-1/b4-3-. The molecule has 0 unspecified atom stereocenters. The van der Waals surface area contributed by atoms with Gasteiger partial charge in [-0.3, -0.25) is 0 Å². The Hall–Kier alpha value is -1.43. The zero-order valence-electron chi connectivity index (χ0n) is 3.92. The predicted octanol–water partition coefficient (Wildman–Crippen LogP) is -1.05. The molecule has 0 rings (SSSR count). The van der Waals surface area contributed by atoms with E-state index in [4.69, 9.17) is 5.11 Å². The molecule has 42 valence electrons. The summed E-state index contributed by atoms with van der Waals surface area (Å²) in [5, 5.41) is 17.8. The van der Waals surface area contributed by atoms with Crippen molar-refractivity contribution in [3.63, 3.8) is 0 Å². The maximum Gasteiger partial charge on any atom is 0.328 e. The Morgan fingerprint density at radius 3 is 2.50 bits per heavy atom. The van der Waals surface area contributed by atoms with Crippen LogP contribution in [0.3, 0.4) is 0 Å². The summed E-state index contributed by atoms with van der Waals surface area (Å²) in [5.74, 6) is -0.513. The molecular formula is C5H3O3-.